The first-order valence-corrected chi connectivity index (χ1v) is 11.6. The van der Waals surface area contributed by atoms with Gasteiger partial charge in [0.15, 0.2) is 5.69 Å². The summed E-state index contributed by atoms with van der Waals surface area (Å²) in [5.41, 5.74) is 8.94. The van der Waals surface area contributed by atoms with Crippen molar-refractivity contribution in [3.63, 3.8) is 0 Å². The standard InChI is InChI=1S/C26H21ClN8O2/c27-20-10-9-17(21-7-4-8-23(28)32-21)11-19(20)25(36)33-24-12-22(26(37)29-13-16-14-30-31-15-16)34-35(24)18-5-2-1-3-6-18/h1-12,14-15H,13H2,(H2,28,32)(H,29,37)(H,30,31)(H,33,36). The van der Waals surface area contributed by atoms with Crippen molar-refractivity contribution in [1.82, 2.24) is 30.3 Å². The molecule has 0 unspecified atom stereocenters. The molecule has 5 aromatic rings. The number of pyridine rings is 1. The molecule has 0 fully saturated rings. The predicted molar refractivity (Wildman–Crippen MR) is 140 cm³/mol. The van der Waals surface area contributed by atoms with Crippen LogP contribution in [0.1, 0.15) is 26.4 Å². The van der Waals surface area contributed by atoms with E-state index in [9.17, 15) is 9.59 Å². The predicted octanol–water partition coefficient (Wildman–Crippen LogP) is 4.08. The highest BCUT2D eigenvalue weighted by atomic mass is 35.5. The summed E-state index contributed by atoms with van der Waals surface area (Å²) in [6.45, 7) is 0.273. The number of aromatic amines is 1. The van der Waals surface area contributed by atoms with Gasteiger partial charge in [-0.25, -0.2) is 9.67 Å². The van der Waals surface area contributed by atoms with Crippen LogP contribution in [0.25, 0.3) is 16.9 Å². The van der Waals surface area contributed by atoms with Gasteiger partial charge in [-0.1, -0.05) is 41.9 Å². The summed E-state index contributed by atoms with van der Waals surface area (Å²) < 4.78 is 1.49. The summed E-state index contributed by atoms with van der Waals surface area (Å²) in [4.78, 5) is 30.5. The number of nitrogens with one attached hydrogen (secondary N) is 3. The van der Waals surface area contributed by atoms with Crippen LogP contribution in [0.4, 0.5) is 11.6 Å². The monoisotopic (exact) mass is 512 g/mol. The SMILES string of the molecule is Nc1cccc(-c2ccc(Cl)c(C(=O)Nc3cc(C(=O)NCc4cn[nH]c4)nn3-c3ccccc3)c2)n1. The smallest absolute Gasteiger partial charge is 0.272 e. The third-order valence-corrected chi connectivity index (χ3v) is 5.80. The van der Waals surface area contributed by atoms with Gasteiger partial charge in [0, 0.05) is 29.9 Å². The molecule has 0 aliphatic heterocycles. The second kappa shape index (κ2) is 10.3. The number of H-pyrrole nitrogens is 1. The number of anilines is 2. The first kappa shape index (κ1) is 23.8. The number of halogens is 1. The minimum absolute atomic E-state index is 0.131. The zero-order chi connectivity index (χ0) is 25.8. The van der Waals surface area contributed by atoms with Gasteiger partial charge in [-0.15, -0.1) is 0 Å². The van der Waals surface area contributed by atoms with Crippen LogP contribution in [0, 0.1) is 0 Å². The molecule has 0 aliphatic carbocycles. The highest BCUT2D eigenvalue weighted by Crippen LogP contribution is 2.26. The minimum Gasteiger partial charge on any atom is -0.384 e. The summed E-state index contributed by atoms with van der Waals surface area (Å²) in [7, 11) is 0. The molecule has 0 aliphatic rings. The van der Waals surface area contributed by atoms with Gasteiger partial charge in [0.2, 0.25) is 0 Å². The molecular weight excluding hydrogens is 492 g/mol. The molecule has 3 aromatic heterocycles. The molecule has 3 heterocycles. The molecule has 5 rings (SSSR count). The number of nitrogens with zero attached hydrogens (tertiary/aromatic N) is 4. The summed E-state index contributed by atoms with van der Waals surface area (Å²) in [5.74, 6) is -0.214. The van der Waals surface area contributed by atoms with Crippen molar-refractivity contribution >= 4 is 35.1 Å². The van der Waals surface area contributed by atoms with E-state index in [-0.39, 0.29) is 22.8 Å². The Bertz CT molecular complexity index is 1570. The van der Waals surface area contributed by atoms with E-state index in [1.807, 2.05) is 30.3 Å². The van der Waals surface area contributed by atoms with Gasteiger partial charge in [-0.3, -0.25) is 14.7 Å². The Morgan fingerprint density at radius 1 is 1.00 bits per heavy atom. The summed E-state index contributed by atoms with van der Waals surface area (Å²) in [6, 6.07) is 20.9. The van der Waals surface area contributed by atoms with Gasteiger partial charge in [-0.05, 0) is 36.4 Å². The molecule has 2 amide bonds. The molecule has 10 nitrogen and oxygen atoms in total. The molecule has 0 saturated heterocycles. The largest absolute Gasteiger partial charge is 0.384 e. The average Bonchev–Trinajstić information content (AvgIpc) is 3.58. The molecule has 2 aromatic carbocycles. The number of hydrogen-bond donors (Lipinski definition) is 4. The second-order valence-electron chi connectivity index (χ2n) is 8.05. The fourth-order valence-corrected chi connectivity index (χ4v) is 3.85. The molecule has 0 radical (unpaired) electrons. The van der Waals surface area contributed by atoms with Crippen LogP contribution in [0.5, 0.6) is 0 Å². The second-order valence-corrected chi connectivity index (χ2v) is 8.46. The first-order chi connectivity index (χ1) is 18.0. The van der Waals surface area contributed by atoms with Gasteiger partial charge in [0.05, 0.1) is 28.2 Å². The fraction of sp³-hybridized carbons (Fsp3) is 0.0385. The Balaban J connectivity index is 1.44. The van der Waals surface area contributed by atoms with Crippen molar-refractivity contribution < 1.29 is 9.59 Å². The molecule has 11 heteroatoms. The third-order valence-electron chi connectivity index (χ3n) is 5.47. The summed E-state index contributed by atoms with van der Waals surface area (Å²) >= 11 is 6.38. The van der Waals surface area contributed by atoms with Crippen molar-refractivity contribution in [3.8, 4) is 16.9 Å². The fourth-order valence-electron chi connectivity index (χ4n) is 3.65. The lowest BCUT2D eigenvalue weighted by Crippen LogP contribution is -2.23. The minimum atomic E-state index is -0.474. The highest BCUT2D eigenvalue weighted by molar-refractivity contribution is 6.34. The number of hydrogen-bond acceptors (Lipinski definition) is 6. The highest BCUT2D eigenvalue weighted by Gasteiger charge is 2.20. The van der Waals surface area contributed by atoms with Crippen molar-refractivity contribution in [2.45, 2.75) is 6.54 Å². The van der Waals surface area contributed by atoms with E-state index < -0.39 is 11.8 Å². The van der Waals surface area contributed by atoms with Crippen molar-refractivity contribution in [2.75, 3.05) is 11.1 Å². The maximum atomic E-state index is 13.3. The summed E-state index contributed by atoms with van der Waals surface area (Å²) in [6.07, 6.45) is 3.30. The molecule has 0 bridgehead atoms. The Kier molecular flexibility index (Phi) is 6.64. The molecule has 5 N–H and O–H groups in total. The molecule has 0 saturated carbocycles. The number of carbonyl (C=O) groups is 2. The normalized spacial score (nSPS) is 10.7. The molecule has 0 atom stereocenters. The zero-order valence-corrected chi connectivity index (χ0v) is 20.1. The topological polar surface area (TPSA) is 144 Å². The maximum absolute atomic E-state index is 13.3. The van der Waals surface area contributed by atoms with Crippen LogP contribution in [0.3, 0.4) is 0 Å². The number of aromatic nitrogens is 5. The van der Waals surface area contributed by atoms with Crippen LogP contribution in [0.2, 0.25) is 5.02 Å². The van der Waals surface area contributed by atoms with Gasteiger partial charge < -0.3 is 16.4 Å². The molecule has 184 valence electrons. The maximum Gasteiger partial charge on any atom is 0.272 e. The van der Waals surface area contributed by atoms with E-state index in [1.54, 1.807) is 48.8 Å². The number of benzene rings is 2. The Labute approximate surface area is 216 Å². The van der Waals surface area contributed by atoms with Crippen LogP contribution in [-0.2, 0) is 6.54 Å². The van der Waals surface area contributed by atoms with Crippen LogP contribution >= 0.6 is 11.6 Å². The number of para-hydroxylation sites is 1. The third kappa shape index (κ3) is 5.34. The zero-order valence-electron chi connectivity index (χ0n) is 19.4. The van der Waals surface area contributed by atoms with Crippen LogP contribution < -0.4 is 16.4 Å². The van der Waals surface area contributed by atoms with Crippen molar-refractivity contribution in [1.29, 1.82) is 0 Å². The van der Waals surface area contributed by atoms with E-state index in [0.29, 0.717) is 28.6 Å². The number of amides is 2. The lowest BCUT2D eigenvalue weighted by Gasteiger charge is -2.11. The van der Waals surface area contributed by atoms with E-state index in [1.165, 1.54) is 10.7 Å². The summed E-state index contributed by atoms with van der Waals surface area (Å²) in [5, 5.41) is 16.9. The van der Waals surface area contributed by atoms with Gasteiger partial charge in [0.1, 0.15) is 11.6 Å². The Hall–Kier alpha value is -4.96. The number of nitrogen functional groups attached to an aromatic ring is 1. The molecule has 0 spiro atoms. The van der Waals surface area contributed by atoms with Crippen LogP contribution in [0.15, 0.2) is 85.2 Å². The van der Waals surface area contributed by atoms with Crippen molar-refractivity contribution in [2.24, 2.45) is 0 Å². The van der Waals surface area contributed by atoms with Gasteiger partial charge >= 0.3 is 0 Å². The van der Waals surface area contributed by atoms with Gasteiger partial charge in [-0.2, -0.15) is 10.2 Å². The molecule has 37 heavy (non-hydrogen) atoms. The number of carbonyl (C=O) groups excluding carboxylic acids is 2. The van der Waals surface area contributed by atoms with Crippen LogP contribution in [-0.4, -0.2) is 36.8 Å². The quantitative estimate of drug-likeness (QED) is 0.259. The number of nitrogens with two attached hydrogens (primary N) is 1. The lowest BCUT2D eigenvalue weighted by molar-refractivity contribution is 0.0944. The average molecular weight is 513 g/mol. The number of rotatable bonds is 7. The Morgan fingerprint density at radius 3 is 2.59 bits per heavy atom. The lowest BCUT2D eigenvalue weighted by atomic mass is 10.1. The van der Waals surface area contributed by atoms with E-state index in [2.05, 4.69) is 30.9 Å². The molecular formula is C26H21ClN8O2. The van der Waals surface area contributed by atoms with E-state index >= 15 is 0 Å². The van der Waals surface area contributed by atoms with E-state index in [0.717, 1.165) is 5.56 Å². The first-order valence-electron chi connectivity index (χ1n) is 11.2. The van der Waals surface area contributed by atoms with Gasteiger partial charge in [0.25, 0.3) is 11.8 Å². The Morgan fingerprint density at radius 2 is 1.84 bits per heavy atom. The van der Waals surface area contributed by atoms with Crippen molar-refractivity contribution in [3.05, 3.63) is 107 Å². The van der Waals surface area contributed by atoms with E-state index in [4.69, 9.17) is 17.3 Å².